The molecule has 0 amide bonds. The number of ether oxygens (including phenoxy) is 1. The Bertz CT molecular complexity index is 1160. The second kappa shape index (κ2) is 7.74. The molecule has 0 aliphatic carbocycles. The number of carbonyl (C=O) groups is 1. The number of rotatable bonds is 4. The number of hydrogen-bond acceptors (Lipinski definition) is 5. The number of methoxy groups -OCH3 is 1. The molecule has 0 atom stereocenters. The topological polar surface area (TPSA) is 63.7 Å². The van der Waals surface area contributed by atoms with E-state index in [0.717, 1.165) is 33.6 Å². The van der Waals surface area contributed by atoms with Gasteiger partial charge < -0.3 is 4.74 Å². The summed E-state index contributed by atoms with van der Waals surface area (Å²) < 4.78 is 33.7. The number of aryl methyl sites for hydroxylation is 1. The minimum atomic E-state index is -3.89. The third-order valence-electron chi connectivity index (χ3n) is 5.17. The van der Waals surface area contributed by atoms with Gasteiger partial charge in [0, 0.05) is 24.0 Å². The maximum Gasteiger partial charge on any atom is 0.349 e. The standard InChI is InChI=1S/C22H21NO4S2/c1-15-7-9-17(10-8-15)19-14-28-20(22(24)27-2)21(19)29(25,26)23-12-11-16-5-3-4-6-18(16)13-23/h3-10,14H,11-13H2,1-2H3. The Morgan fingerprint density at radius 1 is 1.07 bits per heavy atom. The fraction of sp³-hybridized carbons (Fsp3) is 0.227. The summed E-state index contributed by atoms with van der Waals surface area (Å²) in [6.07, 6.45) is 0.646. The van der Waals surface area contributed by atoms with Crippen molar-refractivity contribution < 1.29 is 17.9 Å². The van der Waals surface area contributed by atoms with Gasteiger partial charge in [0.1, 0.15) is 9.77 Å². The number of hydrogen-bond donors (Lipinski definition) is 0. The quantitative estimate of drug-likeness (QED) is 0.584. The molecule has 5 nitrogen and oxygen atoms in total. The lowest BCUT2D eigenvalue weighted by atomic mass is 10.0. The number of benzene rings is 2. The van der Waals surface area contributed by atoms with E-state index in [1.807, 2.05) is 55.5 Å². The smallest absolute Gasteiger partial charge is 0.349 e. The number of carbonyl (C=O) groups excluding carboxylic acids is 1. The van der Waals surface area contributed by atoms with Gasteiger partial charge in [-0.1, -0.05) is 54.1 Å². The number of thiophene rings is 1. The molecule has 7 heteroatoms. The van der Waals surface area contributed by atoms with Gasteiger partial charge in [0.2, 0.25) is 10.0 Å². The Hall–Kier alpha value is -2.48. The van der Waals surface area contributed by atoms with Crippen LogP contribution in [0.3, 0.4) is 0 Å². The Kier molecular flexibility index (Phi) is 5.29. The first-order valence-corrected chi connectivity index (χ1v) is 11.6. The maximum absolute atomic E-state index is 13.7. The largest absolute Gasteiger partial charge is 0.465 e. The normalized spacial score (nSPS) is 14.4. The monoisotopic (exact) mass is 427 g/mol. The molecule has 2 heterocycles. The van der Waals surface area contributed by atoms with Gasteiger partial charge in [-0.25, -0.2) is 13.2 Å². The Balaban J connectivity index is 1.83. The van der Waals surface area contributed by atoms with Crippen LogP contribution >= 0.6 is 11.3 Å². The van der Waals surface area contributed by atoms with Crippen LogP contribution in [0.15, 0.2) is 58.8 Å². The average molecular weight is 428 g/mol. The van der Waals surface area contributed by atoms with Crippen LogP contribution in [0.5, 0.6) is 0 Å². The first-order chi connectivity index (χ1) is 13.9. The summed E-state index contributed by atoms with van der Waals surface area (Å²) in [7, 11) is -2.63. The van der Waals surface area contributed by atoms with E-state index in [1.165, 1.54) is 11.4 Å². The molecular formula is C22H21NO4S2. The Morgan fingerprint density at radius 2 is 1.76 bits per heavy atom. The van der Waals surface area contributed by atoms with Gasteiger partial charge >= 0.3 is 5.97 Å². The van der Waals surface area contributed by atoms with Crippen LogP contribution in [0.1, 0.15) is 26.4 Å². The van der Waals surface area contributed by atoms with Gasteiger partial charge in [-0.2, -0.15) is 4.31 Å². The van der Waals surface area contributed by atoms with Crippen LogP contribution in [0.25, 0.3) is 11.1 Å². The van der Waals surface area contributed by atoms with E-state index in [9.17, 15) is 13.2 Å². The van der Waals surface area contributed by atoms with Crippen LogP contribution in [0.4, 0.5) is 0 Å². The van der Waals surface area contributed by atoms with Crippen molar-refractivity contribution in [3.05, 3.63) is 75.5 Å². The summed E-state index contributed by atoms with van der Waals surface area (Å²) in [5.74, 6) is -0.635. The molecule has 4 rings (SSSR count). The average Bonchev–Trinajstić information content (AvgIpc) is 3.19. The summed E-state index contributed by atoms with van der Waals surface area (Å²) in [5, 5.41) is 1.72. The lowest BCUT2D eigenvalue weighted by Crippen LogP contribution is -2.36. The minimum Gasteiger partial charge on any atom is -0.465 e. The van der Waals surface area contributed by atoms with Gasteiger partial charge in [0.25, 0.3) is 0 Å². The van der Waals surface area contributed by atoms with Gasteiger partial charge in [0.05, 0.1) is 7.11 Å². The van der Waals surface area contributed by atoms with E-state index in [-0.39, 0.29) is 9.77 Å². The Labute approximate surface area is 174 Å². The number of esters is 1. The van der Waals surface area contributed by atoms with Gasteiger partial charge in [0.15, 0.2) is 0 Å². The zero-order valence-electron chi connectivity index (χ0n) is 16.2. The highest BCUT2D eigenvalue weighted by molar-refractivity contribution is 7.89. The molecular weight excluding hydrogens is 406 g/mol. The molecule has 150 valence electrons. The molecule has 3 aromatic rings. The molecule has 0 saturated heterocycles. The van der Waals surface area contributed by atoms with E-state index < -0.39 is 16.0 Å². The van der Waals surface area contributed by atoms with E-state index in [4.69, 9.17) is 4.74 Å². The number of nitrogens with zero attached hydrogens (tertiary/aromatic N) is 1. The van der Waals surface area contributed by atoms with Crippen molar-refractivity contribution in [1.82, 2.24) is 4.31 Å². The highest BCUT2D eigenvalue weighted by Gasteiger charge is 2.35. The summed E-state index contributed by atoms with van der Waals surface area (Å²) in [6.45, 7) is 2.64. The summed E-state index contributed by atoms with van der Waals surface area (Å²) in [6, 6.07) is 15.5. The van der Waals surface area contributed by atoms with Gasteiger partial charge in [-0.15, -0.1) is 11.3 Å². The molecule has 2 aromatic carbocycles. The third kappa shape index (κ3) is 3.61. The molecule has 0 radical (unpaired) electrons. The second-order valence-corrected chi connectivity index (χ2v) is 9.78. The van der Waals surface area contributed by atoms with Crippen molar-refractivity contribution >= 4 is 27.3 Å². The van der Waals surface area contributed by atoms with Crippen molar-refractivity contribution in [2.45, 2.75) is 24.8 Å². The molecule has 1 aliphatic heterocycles. The van der Waals surface area contributed by atoms with E-state index in [0.29, 0.717) is 25.1 Å². The third-order valence-corrected chi connectivity index (χ3v) is 8.19. The van der Waals surface area contributed by atoms with Crippen LogP contribution in [-0.2, 0) is 27.7 Å². The van der Waals surface area contributed by atoms with E-state index in [2.05, 4.69) is 0 Å². The first kappa shape index (κ1) is 19.8. The minimum absolute atomic E-state index is 0.0394. The predicted octanol–water partition coefficient (Wildman–Crippen LogP) is 4.26. The molecule has 0 unspecified atom stereocenters. The van der Waals surface area contributed by atoms with Crippen LogP contribution in [-0.4, -0.2) is 32.3 Å². The van der Waals surface area contributed by atoms with Crippen molar-refractivity contribution in [3.63, 3.8) is 0 Å². The maximum atomic E-state index is 13.7. The highest BCUT2D eigenvalue weighted by Crippen LogP contribution is 2.38. The van der Waals surface area contributed by atoms with Crippen molar-refractivity contribution in [3.8, 4) is 11.1 Å². The van der Waals surface area contributed by atoms with Gasteiger partial charge in [-0.3, -0.25) is 0 Å². The Morgan fingerprint density at radius 3 is 2.45 bits per heavy atom. The van der Waals surface area contributed by atoms with E-state index in [1.54, 1.807) is 5.38 Å². The van der Waals surface area contributed by atoms with Gasteiger partial charge in [-0.05, 0) is 30.0 Å². The number of fused-ring (bicyclic) bond motifs is 1. The van der Waals surface area contributed by atoms with E-state index >= 15 is 0 Å². The SMILES string of the molecule is COC(=O)c1scc(-c2ccc(C)cc2)c1S(=O)(=O)N1CCc2ccccc2C1. The number of sulfonamides is 1. The van der Waals surface area contributed by atoms with Crippen molar-refractivity contribution in [2.75, 3.05) is 13.7 Å². The van der Waals surface area contributed by atoms with Crippen LogP contribution in [0, 0.1) is 6.92 Å². The zero-order valence-corrected chi connectivity index (χ0v) is 17.8. The zero-order chi connectivity index (χ0) is 20.6. The fourth-order valence-corrected chi connectivity index (χ4v) is 6.67. The van der Waals surface area contributed by atoms with Crippen LogP contribution < -0.4 is 0 Å². The van der Waals surface area contributed by atoms with Crippen molar-refractivity contribution in [1.29, 1.82) is 0 Å². The fourth-order valence-electron chi connectivity index (χ4n) is 3.57. The molecule has 1 aliphatic rings. The first-order valence-electron chi connectivity index (χ1n) is 9.25. The molecule has 0 saturated carbocycles. The summed E-state index contributed by atoms with van der Waals surface area (Å²) >= 11 is 1.10. The lowest BCUT2D eigenvalue weighted by Gasteiger charge is -2.28. The summed E-state index contributed by atoms with van der Waals surface area (Å²) in [4.78, 5) is 12.5. The van der Waals surface area contributed by atoms with Crippen molar-refractivity contribution in [2.24, 2.45) is 0 Å². The molecule has 1 aromatic heterocycles. The molecule has 0 bridgehead atoms. The molecule has 0 fully saturated rings. The molecule has 0 N–H and O–H groups in total. The highest BCUT2D eigenvalue weighted by atomic mass is 32.2. The second-order valence-electron chi connectivity index (χ2n) is 7.02. The predicted molar refractivity (Wildman–Crippen MR) is 114 cm³/mol. The molecule has 29 heavy (non-hydrogen) atoms. The molecule has 0 spiro atoms. The summed E-state index contributed by atoms with van der Waals surface area (Å²) in [5.41, 5.74) is 4.53. The van der Waals surface area contributed by atoms with Crippen LogP contribution in [0.2, 0.25) is 0 Å². The lowest BCUT2D eigenvalue weighted by molar-refractivity contribution is 0.0602.